The fourth-order valence-corrected chi connectivity index (χ4v) is 2.83. The number of nitrogens with one attached hydrogen (secondary N) is 1. The predicted octanol–water partition coefficient (Wildman–Crippen LogP) is 3.15. The summed E-state index contributed by atoms with van der Waals surface area (Å²) in [7, 11) is 2.10. The molecule has 0 radical (unpaired) electrons. The van der Waals surface area contributed by atoms with Crippen LogP contribution in [0.4, 0.5) is 0 Å². The Bertz CT molecular complexity index is 143. The Morgan fingerprint density at radius 3 is 2.50 bits per heavy atom. The van der Waals surface area contributed by atoms with Crippen molar-refractivity contribution in [2.75, 3.05) is 18.6 Å². The number of hydrogen-bond acceptors (Lipinski definition) is 2. The fourth-order valence-electron chi connectivity index (χ4n) is 1.60. The SMILES string of the molecule is CNC(CCC1CC1)CSCC(C)C. The lowest BCUT2D eigenvalue weighted by Gasteiger charge is -2.16. The van der Waals surface area contributed by atoms with Gasteiger partial charge < -0.3 is 5.32 Å². The highest BCUT2D eigenvalue weighted by atomic mass is 32.2. The normalized spacial score (nSPS) is 18.9. The molecule has 0 aromatic carbocycles. The summed E-state index contributed by atoms with van der Waals surface area (Å²) in [6.45, 7) is 4.59. The van der Waals surface area contributed by atoms with Crippen molar-refractivity contribution in [1.82, 2.24) is 5.32 Å². The van der Waals surface area contributed by atoms with Gasteiger partial charge in [0.05, 0.1) is 0 Å². The first-order valence-electron chi connectivity index (χ1n) is 5.97. The van der Waals surface area contributed by atoms with Gasteiger partial charge in [-0.15, -0.1) is 0 Å². The van der Waals surface area contributed by atoms with Crippen LogP contribution in [0.25, 0.3) is 0 Å². The second-order valence-electron chi connectivity index (χ2n) is 4.94. The quantitative estimate of drug-likeness (QED) is 0.667. The van der Waals surface area contributed by atoms with Crippen LogP contribution >= 0.6 is 11.8 Å². The van der Waals surface area contributed by atoms with E-state index in [2.05, 4.69) is 38.0 Å². The molecule has 0 spiro atoms. The van der Waals surface area contributed by atoms with Crippen LogP contribution in [-0.4, -0.2) is 24.6 Å². The van der Waals surface area contributed by atoms with Crippen molar-refractivity contribution in [1.29, 1.82) is 0 Å². The van der Waals surface area contributed by atoms with Gasteiger partial charge in [-0.05, 0) is 37.5 Å². The van der Waals surface area contributed by atoms with Gasteiger partial charge in [-0.1, -0.05) is 26.7 Å². The minimum atomic E-state index is 0.749. The largest absolute Gasteiger partial charge is 0.316 e. The van der Waals surface area contributed by atoms with E-state index in [1.165, 1.54) is 37.2 Å². The standard InChI is InChI=1S/C12H25NS/c1-10(2)8-14-9-12(13-3)7-6-11-4-5-11/h10-13H,4-9H2,1-3H3. The molecule has 0 heterocycles. The third-order valence-corrected chi connectivity index (χ3v) is 4.34. The zero-order valence-electron chi connectivity index (χ0n) is 9.88. The lowest BCUT2D eigenvalue weighted by molar-refractivity contribution is 0.525. The second-order valence-corrected chi connectivity index (χ2v) is 6.01. The predicted molar refractivity (Wildman–Crippen MR) is 67.0 cm³/mol. The van der Waals surface area contributed by atoms with Gasteiger partial charge in [-0.3, -0.25) is 0 Å². The minimum absolute atomic E-state index is 0.749. The first-order valence-corrected chi connectivity index (χ1v) is 7.12. The number of hydrogen-bond donors (Lipinski definition) is 1. The Kier molecular flexibility index (Phi) is 5.95. The van der Waals surface area contributed by atoms with Crippen molar-refractivity contribution in [3.63, 3.8) is 0 Å². The van der Waals surface area contributed by atoms with Gasteiger partial charge in [0.25, 0.3) is 0 Å². The Morgan fingerprint density at radius 1 is 1.29 bits per heavy atom. The van der Waals surface area contributed by atoms with Gasteiger partial charge >= 0.3 is 0 Å². The van der Waals surface area contributed by atoms with Crippen molar-refractivity contribution < 1.29 is 0 Å². The summed E-state index contributed by atoms with van der Waals surface area (Å²) in [4.78, 5) is 0. The Hall–Kier alpha value is 0.310. The van der Waals surface area contributed by atoms with Gasteiger partial charge in [0, 0.05) is 11.8 Å². The monoisotopic (exact) mass is 215 g/mol. The van der Waals surface area contributed by atoms with E-state index in [0.717, 1.165) is 17.9 Å². The molecule has 1 fully saturated rings. The Balaban J connectivity index is 1.98. The second kappa shape index (κ2) is 6.73. The molecule has 0 bridgehead atoms. The molecule has 14 heavy (non-hydrogen) atoms. The molecule has 1 aliphatic rings. The molecular formula is C12H25NS. The van der Waals surface area contributed by atoms with E-state index < -0.39 is 0 Å². The van der Waals surface area contributed by atoms with E-state index in [0.29, 0.717) is 0 Å². The van der Waals surface area contributed by atoms with Crippen LogP contribution in [-0.2, 0) is 0 Å². The maximum Gasteiger partial charge on any atom is 0.0155 e. The van der Waals surface area contributed by atoms with Crippen molar-refractivity contribution in [3.05, 3.63) is 0 Å². The van der Waals surface area contributed by atoms with E-state index in [-0.39, 0.29) is 0 Å². The van der Waals surface area contributed by atoms with Gasteiger partial charge in [0.2, 0.25) is 0 Å². The summed E-state index contributed by atoms with van der Waals surface area (Å²) in [5, 5.41) is 3.44. The zero-order valence-corrected chi connectivity index (χ0v) is 10.7. The van der Waals surface area contributed by atoms with E-state index in [4.69, 9.17) is 0 Å². The lowest BCUT2D eigenvalue weighted by atomic mass is 10.1. The summed E-state index contributed by atoms with van der Waals surface area (Å²) < 4.78 is 0. The average molecular weight is 215 g/mol. The summed E-state index contributed by atoms with van der Waals surface area (Å²) in [5.74, 6) is 4.52. The summed E-state index contributed by atoms with van der Waals surface area (Å²) in [6, 6.07) is 0.749. The molecule has 1 atom stereocenters. The van der Waals surface area contributed by atoms with Gasteiger partial charge in [-0.25, -0.2) is 0 Å². The Morgan fingerprint density at radius 2 is 2.00 bits per heavy atom. The molecule has 0 saturated heterocycles. The van der Waals surface area contributed by atoms with Crippen molar-refractivity contribution in [2.24, 2.45) is 11.8 Å². The first-order chi connectivity index (χ1) is 6.72. The average Bonchev–Trinajstić information content (AvgIpc) is 2.94. The summed E-state index contributed by atoms with van der Waals surface area (Å²) in [6.07, 6.45) is 5.82. The molecule has 0 aromatic rings. The number of thioether (sulfide) groups is 1. The topological polar surface area (TPSA) is 12.0 Å². The van der Waals surface area contributed by atoms with Crippen molar-refractivity contribution in [3.8, 4) is 0 Å². The summed E-state index contributed by atoms with van der Waals surface area (Å²) >= 11 is 2.10. The van der Waals surface area contributed by atoms with E-state index >= 15 is 0 Å². The highest BCUT2D eigenvalue weighted by Gasteiger charge is 2.21. The highest BCUT2D eigenvalue weighted by Crippen LogP contribution is 2.34. The van der Waals surface area contributed by atoms with Crippen LogP contribution in [0.15, 0.2) is 0 Å². The van der Waals surface area contributed by atoms with Crippen LogP contribution < -0.4 is 5.32 Å². The smallest absolute Gasteiger partial charge is 0.0155 e. The van der Waals surface area contributed by atoms with Crippen LogP contribution in [0.1, 0.15) is 39.5 Å². The fraction of sp³-hybridized carbons (Fsp3) is 1.00. The number of rotatable bonds is 8. The molecule has 0 amide bonds. The van der Waals surface area contributed by atoms with Crippen LogP contribution in [0.3, 0.4) is 0 Å². The molecule has 1 N–H and O–H groups in total. The van der Waals surface area contributed by atoms with E-state index in [1.54, 1.807) is 0 Å². The summed E-state index contributed by atoms with van der Waals surface area (Å²) in [5.41, 5.74) is 0. The zero-order chi connectivity index (χ0) is 10.4. The van der Waals surface area contributed by atoms with Crippen molar-refractivity contribution >= 4 is 11.8 Å². The van der Waals surface area contributed by atoms with Crippen LogP contribution in [0.5, 0.6) is 0 Å². The van der Waals surface area contributed by atoms with Gasteiger partial charge in [0.15, 0.2) is 0 Å². The van der Waals surface area contributed by atoms with Gasteiger partial charge in [-0.2, -0.15) is 11.8 Å². The van der Waals surface area contributed by atoms with E-state index in [9.17, 15) is 0 Å². The molecule has 1 saturated carbocycles. The molecule has 0 aromatic heterocycles. The molecule has 0 aliphatic heterocycles. The van der Waals surface area contributed by atoms with Crippen LogP contribution in [0, 0.1) is 11.8 Å². The third kappa shape index (κ3) is 5.92. The molecule has 1 aliphatic carbocycles. The van der Waals surface area contributed by atoms with Crippen molar-refractivity contribution in [2.45, 2.75) is 45.6 Å². The van der Waals surface area contributed by atoms with E-state index in [1.807, 2.05) is 0 Å². The minimum Gasteiger partial charge on any atom is -0.316 e. The molecule has 1 nitrogen and oxygen atoms in total. The molecular weight excluding hydrogens is 190 g/mol. The maximum atomic E-state index is 3.44. The first kappa shape index (κ1) is 12.4. The molecule has 1 rings (SSSR count). The molecule has 2 heteroatoms. The maximum absolute atomic E-state index is 3.44. The third-order valence-electron chi connectivity index (χ3n) is 2.80. The Labute approximate surface area is 93.4 Å². The molecule has 84 valence electrons. The lowest BCUT2D eigenvalue weighted by Crippen LogP contribution is -2.28. The van der Waals surface area contributed by atoms with Gasteiger partial charge in [0.1, 0.15) is 0 Å². The van der Waals surface area contributed by atoms with Crippen LogP contribution in [0.2, 0.25) is 0 Å². The highest BCUT2D eigenvalue weighted by molar-refractivity contribution is 7.99. The molecule has 1 unspecified atom stereocenters.